The number of benzene rings is 2. The van der Waals surface area contributed by atoms with E-state index >= 15 is 0 Å². The molecule has 1 saturated heterocycles. The van der Waals surface area contributed by atoms with Crippen LogP contribution in [0.4, 0.5) is 0 Å². The number of hydrogen-bond acceptors (Lipinski definition) is 4. The fraction of sp³-hybridized carbons (Fsp3) is 0.333. The number of para-hydroxylation sites is 2. The van der Waals surface area contributed by atoms with Crippen LogP contribution in [0, 0.1) is 0 Å². The van der Waals surface area contributed by atoms with Crippen molar-refractivity contribution in [2.24, 2.45) is 0 Å². The molecule has 1 aliphatic heterocycles. The molecule has 1 fully saturated rings. The highest BCUT2D eigenvalue weighted by Crippen LogP contribution is 2.31. The fourth-order valence-electron chi connectivity index (χ4n) is 3.23. The standard InChI is InChI=1S/C21H23NO5/c1-21(20(24)25)12-7-13-22(21)19(23)15-27-18-11-6-5-10-17(18)26-14-16-8-3-2-4-9-16/h2-6,8-11H,7,12-15H2,1H3,(H,24,25). The average molecular weight is 369 g/mol. The van der Waals surface area contributed by atoms with Gasteiger partial charge in [-0.05, 0) is 37.5 Å². The number of aliphatic carboxylic acids is 1. The number of carboxylic acid groups (broad SMARTS) is 1. The Morgan fingerprint density at radius 3 is 2.33 bits per heavy atom. The molecule has 27 heavy (non-hydrogen) atoms. The van der Waals surface area contributed by atoms with Crippen LogP contribution < -0.4 is 9.47 Å². The van der Waals surface area contributed by atoms with Crippen LogP contribution in [0.1, 0.15) is 25.3 Å². The summed E-state index contributed by atoms with van der Waals surface area (Å²) in [4.78, 5) is 25.4. The van der Waals surface area contributed by atoms with Crippen molar-refractivity contribution in [1.29, 1.82) is 0 Å². The van der Waals surface area contributed by atoms with Gasteiger partial charge in [-0.15, -0.1) is 0 Å². The highest BCUT2D eigenvalue weighted by Gasteiger charge is 2.45. The maximum Gasteiger partial charge on any atom is 0.329 e. The number of carbonyl (C=O) groups excluding carboxylic acids is 1. The second kappa shape index (κ2) is 8.12. The van der Waals surface area contributed by atoms with Gasteiger partial charge < -0.3 is 19.5 Å². The maximum atomic E-state index is 12.5. The third-order valence-corrected chi connectivity index (χ3v) is 4.84. The topological polar surface area (TPSA) is 76.1 Å². The van der Waals surface area contributed by atoms with Gasteiger partial charge in [0.05, 0.1) is 0 Å². The minimum atomic E-state index is -1.16. The van der Waals surface area contributed by atoms with Gasteiger partial charge in [0.2, 0.25) is 0 Å². The van der Waals surface area contributed by atoms with Crippen LogP contribution in [0.15, 0.2) is 54.6 Å². The molecule has 0 spiro atoms. The van der Waals surface area contributed by atoms with Crippen LogP contribution in [0.3, 0.4) is 0 Å². The van der Waals surface area contributed by atoms with E-state index in [-0.39, 0.29) is 12.5 Å². The lowest BCUT2D eigenvalue weighted by molar-refractivity contribution is -0.156. The monoisotopic (exact) mass is 369 g/mol. The molecule has 1 aliphatic rings. The first-order valence-corrected chi connectivity index (χ1v) is 8.93. The molecular weight excluding hydrogens is 346 g/mol. The van der Waals surface area contributed by atoms with E-state index < -0.39 is 11.5 Å². The first kappa shape index (κ1) is 18.8. The Balaban J connectivity index is 1.63. The van der Waals surface area contributed by atoms with Crippen molar-refractivity contribution < 1.29 is 24.2 Å². The minimum Gasteiger partial charge on any atom is -0.485 e. The van der Waals surface area contributed by atoms with Gasteiger partial charge in [0.15, 0.2) is 18.1 Å². The molecule has 0 saturated carbocycles. The van der Waals surface area contributed by atoms with E-state index in [1.54, 1.807) is 25.1 Å². The summed E-state index contributed by atoms with van der Waals surface area (Å²) in [5.74, 6) is -0.329. The zero-order valence-electron chi connectivity index (χ0n) is 15.3. The Labute approximate surface area is 158 Å². The summed E-state index contributed by atoms with van der Waals surface area (Å²) in [6, 6.07) is 16.9. The zero-order chi connectivity index (χ0) is 19.3. The second-order valence-electron chi connectivity index (χ2n) is 6.74. The summed E-state index contributed by atoms with van der Waals surface area (Å²) in [7, 11) is 0. The van der Waals surface area contributed by atoms with Crippen LogP contribution in [0.25, 0.3) is 0 Å². The third-order valence-electron chi connectivity index (χ3n) is 4.84. The number of carboxylic acids is 1. The molecule has 6 nitrogen and oxygen atoms in total. The molecule has 6 heteroatoms. The highest BCUT2D eigenvalue weighted by atomic mass is 16.5. The molecule has 0 radical (unpaired) electrons. The van der Waals surface area contributed by atoms with E-state index in [0.29, 0.717) is 37.5 Å². The van der Waals surface area contributed by atoms with Crippen molar-refractivity contribution in [2.45, 2.75) is 31.9 Å². The molecule has 0 aromatic heterocycles. The second-order valence-corrected chi connectivity index (χ2v) is 6.74. The number of amides is 1. The van der Waals surface area contributed by atoms with Gasteiger partial charge in [-0.3, -0.25) is 4.79 Å². The van der Waals surface area contributed by atoms with Crippen LogP contribution in [0.2, 0.25) is 0 Å². The summed E-state index contributed by atoms with van der Waals surface area (Å²) in [6.45, 7) is 2.17. The Morgan fingerprint density at radius 2 is 1.67 bits per heavy atom. The van der Waals surface area contributed by atoms with Crippen LogP contribution in [0.5, 0.6) is 11.5 Å². The largest absolute Gasteiger partial charge is 0.485 e. The lowest BCUT2D eigenvalue weighted by Gasteiger charge is -2.31. The smallest absolute Gasteiger partial charge is 0.329 e. The van der Waals surface area contributed by atoms with Crippen molar-refractivity contribution in [3.63, 3.8) is 0 Å². The van der Waals surface area contributed by atoms with Crippen LogP contribution >= 0.6 is 0 Å². The molecule has 142 valence electrons. The van der Waals surface area contributed by atoms with Crippen molar-refractivity contribution in [1.82, 2.24) is 4.90 Å². The molecule has 0 bridgehead atoms. The fourth-order valence-corrected chi connectivity index (χ4v) is 3.23. The summed E-state index contributed by atoms with van der Waals surface area (Å²) < 4.78 is 11.5. The number of ether oxygens (including phenoxy) is 2. The summed E-state index contributed by atoms with van der Waals surface area (Å²) in [6.07, 6.45) is 1.12. The summed E-state index contributed by atoms with van der Waals surface area (Å²) >= 11 is 0. The number of likely N-dealkylation sites (tertiary alicyclic amines) is 1. The Hall–Kier alpha value is -3.02. The van der Waals surface area contributed by atoms with Gasteiger partial charge in [-0.2, -0.15) is 0 Å². The molecule has 1 unspecified atom stereocenters. The molecule has 1 amide bonds. The van der Waals surface area contributed by atoms with Gasteiger partial charge in [0.1, 0.15) is 12.1 Å². The Bertz CT molecular complexity index is 807. The van der Waals surface area contributed by atoms with E-state index in [4.69, 9.17) is 9.47 Å². The molecule has 3 rings (SSSR count). The van der Waals surface area contributed by atoms with Crippen molar-refractivity contribution in [3.8, 4) is 11.5 Å². The lowest BCUT2D eigenvalue weighted by Crippen LogP contribution is -2.52. The Morgan fingerprint density at radius 1 is 1.04 bits per heavy atom. The number of hydrogen-bond donors (Lipinski definition) is 1. The molecule has 2 aromatic rings. The van der Waals surface area contributed by atoms with E-state index in [9.17, 15) is 14.7 Å². The van der Waals surface area contributed by atoms with Crippen molar-refractivity contribution in [2.75, 3.05) is 13.2 Å². The molecule has 1 heterocycles. The SMILES string of the molecule is CC1(C(=O)O)CCCN1C(=O)COc1ccccc1OCc1ccccc1. The average Bonchev–Trinajstić information content (AvgIpc) is 3.09. The highest BCUT2D eigenvalue weighted by molar-refractivity contribution is 5.88. The number of rotatable bonds is 7. The number of nitrogens with zero attached hydrogens (tertiary/aromatic N) is 1. The van der Waals surface area contributed by atoms with Crippen molar-refractivity contribution in [3.05, 3.63) is 60.2 Å². The molecular formula is C21H23NO5. The molecule has 2 aromatic carbocycles. The molecule has 1 N–H and O–H groups in total. The first-order chi connectivity index (χ1) is 13.0. The van der Waals surface area contributed by atoms with E-state index in [2.05, 4.69) is 0 Å². The van der Waals surface area contributed by atoms with Crippen LogP contribution in [-0.2, 0) is 16.2 Å². The number of carbonyl (C=O) groups is 2. The molecule has 1 atom stereocenters. The Kier molecular flexibility index (Phi) is 5.64. The predicted octanol–water partition coefficient (Wildman–Crippen LogP) is 3.11. The zero-order valence-corrected chi connectivity index (χ0v) is 15.3. The van der Waals surface area contributed by atoms with E-state index in [0.717, 1.165) is 5.56 Å². The van der Waals surface area contributed by atoms with Gasteiger partial charge in [0.25, 0.3) is 5.91 Å². The van der Waals surface area contributed by atoms with Gasteiger partial charge in [-0.1, -0.05) is 42.5 Å². The van der Waals surface area contributed by atoms with E-state index in [1.807, 2.05) is 36.4 Å². The van der Waals surface area contributed by atoms with Gasteiger partial charge in [-0.25, -0.2) is 4.79 Å². The summed E-state index contributed by atoms with van der Waals surface area (Å²) in [5.41, 5.74) is -0.137. The van der Waals surface area contributed by atoms with Gasteiger partial charge in [0, 0.05) is 6.54 Å². The van der Waals surface area contributed by atoms with Crippen LogP contribution in [-0.4, -0.2) is 40.6 Å². The predicted molar refractivity (Wildman–Crippen MR) is 99.7 cm³/mol. The van der Waals surface area contributed by atoms with Crippen molar-refractivity contribution >= 4 is 11.9 Å². The quantitative estimate of drug-likeness (QED) is 0.812. The lowest BCUT2D eigenvalue weighted by atomic mass is 9.99. The van der Waals surface area contributed by atoms with E-state index in [1.165, 1.54) is 4.90 Å². The third kappa shape index (κ3) is 4.22. The normalized spacial score (nSPS) is 18.9. The van der Waals surface area contributed by atoms with Gasteiger partial charge >= 0.3 is 5.97 Å². The summed E-state index contributed by atoms with van der Waals surface area (Å²) in [5, 5.41) is 9.44. The minimum absolute atomic E-state index is 0.228. The first-order valence-electron chi connectivity index (χ1n) is 8.93. The molecule has 0 aliphatic carbocycles. The maximum absolute atomic E-state index is 12.5.